The SMILES string of the molecule is COc1ccc(CN(C(=O)/C=C/c2cc(Cl)c(OC(C)C)c(OC)c2)C2CC2)cc1. The summed E-state index contributed by atoms with van der Waals surface area (Å²) in [5.41, 5.74) is 1.85. The van der Waals surface area contributed by atoms with Crippen LogP contribution in [0.25, 0.3) is 6.08 Å². The third-order valence-electron chi connectivity index (χ3n) is 4.81. The summed E-state index contributed by atoms with van der Waals surface area (Å²) in [5.74, 6) is 1.84. The zero-order valence-electron chi connectivity index (χ0n) is 17.9. The van der Waals surface area contributed by atoms with Crippen LogP contribution in [0.3, 0.4) is 0 Å². The molecule has 0 aliphatic heterocycles. The Labute approximate surface area is 183 Å². The molecule has 2 aromatic rings. The Hall–Kier alpha value is -2.66. The molecule has 0 radical (unpaired) electrons. The predicted molar refractivity (Wildman–Crippen MR) is 119 cm³/mol. The van der Waals surface area contributed by atoms with Crippen molar-refractivity contribution in [2.45, 2.75) is 45.4 Å². The first-order valence-corrected chi connectivity index (χ1v) is 10.4. The second-order valence-corrected chi connectivity index (χ2v) is 7.99. The van der Waals surface area contributed by atoms with Crippen LogP contribution in [-0.4, -0.2) is 37.2 Å². The molecule has 0 saturated heterocycles. The lowest BCUT2D eigenvalue weighted by Crippen LogP contribution is -2.31. The standard InChI is InChI=1S/C24H28ClNO4/c1-16(2)30-24-21(25)13-18(14-22(24)29-4)7-12-23(27)26(19-8-9-19)15-17-5-10-20(28-3)11-6-17/h5-7,10-14,16,19H,8-9,15H2,1-4H3/b12-7+. The van der Waals surface area contributed by atoms with Crippen molar-refractivity contribution in [1.82, 2.24) is 4.90 Å². The quantitative estimate of drug-likeness (QED) is 0.504. The van der Waals surface area contributed by atoms with Gasteiger partial charge in [0.15, 0.2) is 11.5 Å². The zero-order chi connectivity index (χ0) is 21.7. The van der Waals surface area contributed by atoms with Gasteiger partial charge in [-0.15, -0.1) is 0 Å². The van der Waals surface area contributed by atoms with Crippen LogP contribution in [0.2, 0.25) is 5.02 Å². The summed E-state index contributed by atoms with van der Waals surface area (Å²) in [6, 6.07) is 11.7. The van der Waals surface area contributed by atoms with Crippen LogP contribution in [-0.2, 0) is 11.3 Å². The van der Waals surface area contributed by atoms with Gasteiger partial charge in [0.25, 0.3) is 0 Å². The van der Waals surface area contributed by atoms with E-state index in [1.54, 1.807) is 32.4 Å². The molecule has 1 aliphatic rings. The molecule has 6 heteroatoms. The molecule has 0 heterocycles. The van der Waals surface area contributed by atoms with Gasteiger partial charge < -0.3 is 19.1 Å². The molecule has 1 saturated carbocycles. The highest BCUT2D eigenvalue weighted by atomic mass is 35.5. The van der Waals surface area contributed by atoms with Crippen LogP contribution in [0.1, 0.15) is 37.8 Å². The predicted octanol–water partition coefficient (Wildman–Crippen LogP) is 5.35. The minimum atomic E-state index is -0.0237. The lowest BCUT2D eigenvalue weighted by molar-refractivity contribution is -0.127. The van der Waals surface area contributed by atoms with Crippen LogP contribution in [0.4, 0.5) is 0 Å². The zero-order valence-corrected chi connectivity index (χ0v) is 18.6. The molecule has 0 spiro atoms. The van der Waals surface area contributed by atoms with Gasteiger partial charge in [0.05, 0.1) is 25.3 Å². The van der Waals surface area contributed by atoms with Crippen molar-refractivity contribution >= 4 is 23.6 Å². The Morgan fingerprint density at radius 1 is 1.17 bits per heavy atom. The molecule has 0 bridgehead atoms. The summed E-state index contributed by atoms with van der Waals surface area (Å²) < 4.78 is 16.4. The smallest absolute Gasteiger partial charge is 0.247 e. The fourth-order valence-corrected chi connectivity index (χ4v) is 3.41. The number of methoxy groups -OCH3 is 2. The van der Waals surface area contributed by atoms with Crippen LogP contribution >= 0.6 is 11.6 Å². The average molecular weight is 430 g/mol. The monoisotopic (exact) mass is 429 g/mol. The second kappa shape index (κ2) is 9.90. The van der Waals surface area contributed by atoms with Gasteiger partial charge in [-0.05, 0) is 68.2 Å². The number of amides is 1. The van der Waals surface area contributed by atoms with E-state index in [1.807, 2.05) is 49.1 Å². The summed E-state index contributed by atoms with van der Waals surface area (Å²) in [4.78, 5) is 14.8. The molecule has 0 atom stereocenters. The Morgan fingerprint density at radius 2 is 1.87 bits per heavy atom. The fraction of sp³-hybridized carbons (Fsp3) is 0.375. The highest BCUT2D eigenvalue weighted by molar-refractivity contribution is 6.32. The summed E-state index contributed by atoms with van der Waals surface area (Å²) in [6.07, 6.45) is 5.41. The van der Waals surface area contributed by atoms with Gasteiger partial charge in [-0.3, -0.25) is 4.79 Å². The van der Waals surface area contributed by atoms with E-state index in [2.05, 4.69) is 0 Å². The minimum Gasteiger partial charge on any atom is -0.497 e. The van der Waals surface area contributed by atoms with Crippen molar-refractivity contribution in [1.29, 1.82) is 0 Å². The van der Waals surface area contributed by atoms with Crippen LogP contribution < -0.4 is 14.2 Å². The summed E-state index contributed by atoms with van der Waals surface area (Å²) in [7, 11) is 3.21. The third kappa shape index (κ3) is 5.70. The van der Waals surface area contributed by atoms with Crippen molar-refractivity contribution in [3.63, 3.8) is 0 Å². The Balaban J connectivity index is 1.74. The molecule has 2 aromatic carbocycles. The molecule has 3 rings (SSSR count). The molecule has 1 fully saturated rings. The first kappa shape index (κ1) is 22.0. The molecule has 0 aromatic heterocycles. The number of rotatable bonds is 9. The fourth-order valence-electron chi connectivity index (χ4n) is 3.15. The van der Waals surface area contributed by atoms with Gasteiger partial charge in [-0.1, -0.05) is 23.7 Å². The molecule has 0 N–H and O–H groups in total. The Morgan fingerprint density at radius 3 is 2.43 bits per heavy atom. The van der Waals surface area contributed by atoms with Gasteiger partial charge >= 0.3 is 0 Å². The average Bonchev–Trinajstić information content (AvgIpc) is 3.57. The van der Waals surface area contributed by atoms with E-state index in [9.17, 15) is 4.79 Å². The van der Waals surface area contributed by atoms with Crippen molar-refractivity contribution in [3.8, 4) is 17.2 Å². The van der Waals surface area contributed by atoms with Gasteiger partial charge in [-0.25, -0.2) is 0 Å². The van der Waals surface area contributed by atoms with E-state index >= 15 is 0 Å². The maximum absolute atomic E-state index is 12.9. The molecule has 1 amide bonds. The first-order chi connectivity index (χ1) is 14.4. The molecule has 160 valence electrons. The number of carbonyl (C=O) groups is 1. The minimum absolute atomic E-state index is 0.0223. The second-order valence-electron chi connectivity index (χ2n) is 7.58. The summed E-state index contributed by atoms with van der Waals surface area (Å²) in [6.45, 7) is 4.43. The number of hydrogen-bond acceptors (Lipinski definition) is 4. The third-order valence-corrected chi connectivity index (χ3v) is 5.09. The number of benzene rings is 2. The van der Waals surface area contributed by atoms with Gasteiger partial charge in [0.1, 0.15) is 5.75 Å². The molecule has 5 nitrogen and oxygen atoms in total. The van der Waals surface area contributed by atoms with E-state index in [-0.39, 0.29) is 12.0 Å². The first-order valence-electron chi connectivity index (χ1n) is 10.1. The van der Waals surface area contributed by atoms with Crippen LogP contribution in [0, 0.1) is 0 Å². The Bertz CT molecular complexity index is 904. The normalized spacial score (nSPS) is 13.5. The van der Waals surface area contributed by atoms with Crippen molar-refractivity contribution in [2.75, 3.05) is 14.2 Å². The number of hydrogen-bond donors (Lipinski definition) is 0. The molecular formula is C24H28ClNO4. The lowest BCUT2D eigenvalue weighted by atomic mass is 10.1. The number of halogens is 1. The van der Waals surface area contributed by atoms with Crippen LogP contribution in [0.5, 0.6) is 17.2 Å². The number of carbonyl (C=O) groups excluding carboxylic acids is 1. The van der Waals surface area contributed by atoms with Gasteiger partial charge in [0, 0.05) is 18.7 Å². The molecule has 1 aliphatic carbocycles. The number of ether oxygens (including phenoxy) is 3. The lowest BCUT2D eigenvalue weighted by Gasteiger charge is -2.21. The summed E-state index contributed by atoms with van der Waals surface area (Å²) >= 11 is 6.38. The number of nitrogens with zero attached hydrogens (tertiary/aromatic N) is 1. The largest absolute Gasteiger partial charge is 0.497 e. The van der Waals surface area contributed by atoms with E-state index in [4.69, 9.17) is 25.8 Å². The topological polar surface area (TPSA) is 48.0 Å². The van der Waals surface area contributed by atoms with E-state index < -0.39 is 0 Å². The molecular weight excluding hydrogens is 402 g/mol. The van der Waals surface area contributed by atoms with Gasteiger partial charge in [0.2, 0.25) is 5.91 Å². The van der Waals surface area contributed by atoms with Crippen molar-refractivity contribution < 1.29 is 19.0 Å². The highest BCUT2D eigenvalue weighted by Crippen LogP contribution is 2.37. The maximum Gasteiger partial charge on any atom is 0.247 e. The Kier molecular flexibility index (Phi) is 7.27. The molecule has 0 unspecified atom stereocenters. The van der Waals surface area contributed by atoms with E-state index in [1.165, 1.54) is 0 Å². The van der Waals surface area contributed by atoms with E-state index in [0.717, 1.165) is 29.7 Å². The molecule has 30 heavy (non-hydrogen) atoms. The van der Waals surface area contributed by atoms with E-state index in [0.29, 0.717) is 29.1 Å². The maximum atomic E-state index is 12.9. The van der Waals surface area contributed by atoms with Crippen molar-refractivity contribution in [3.05, 3.63) is 58.6 Å². The highest BCUT2D eigenvalue weighted by Gasteiger charge is 2.31. The van der Waals surface area contributed by atoms with Crippen molar-refractivity contribution in [2.24, 2.45) is 0 Å². The van der Waals surface area contributed by atoms with Gasteiger partial charge in [-0.2, -0.15) is 0 Å². The summed E-state index contributed by atoms with van der Waals surface area (Å²) in [5, 5.41) is 0.451. The van der Waals surface area contributed by atoms with Crippen LogP contribution in [0.15, 0.2) is 42.5 Å².